The summed E-state index contributed by atoms with van der Waals surface area (Å²) in [6, 6.07) is 7.95. The molecule has 0 bridgehead atoms. The van der Waals surface area contributed by atoms with Crippen LogP contribution in [0.3, 0.4) is 0 Å². The topological polar surface area (TPSA) is 38.3 Å². The van der Waals surface area contributed by atoms with E-state index in [2.05, 4.69) is 21.2 Å². The van der Waals surface area contributed by atoms with Gasteiger partial charge in [-0.25, -0.2) is 4.79 Å². The van der Waals surface area contributed by atoms with Crippen LogP contribution >= 0.6 is 15.9 Å². The van der Waals surface area contributed by atoms with E-state index < -0.39 is 0 Å². The normalized spacial score (nSPS) is 20.4. The van der Waals surface area contributed by atoms with E-state index in [9.17, 15) is 4.79 Å². The Bertz CT molecular complexity index is 354. The van der Waals surface area contributed by atoms with Crippen molar-refractivity contribution in [3.05, 3.63) is 34.3 Å². The van der Waals surface area contributed by atoms with Crippen LogP contribution in [0.5, 0.6) is 0 Å². The Balaban J connectivity index is 2.04. The van der Waals surface area contributed by atoms with Crippen LogP contribution in [0.2, 0.25) is 0 Å². The van der Waals surface area contributed by atoms with Crippen molar-refractivity contribution in [1.82, 2.24) is 5.32 Å². The average molecular weight is 256 g/mol. The fourth-order valence-electron chi connectivity index (χ4n) is 1.45. The van der Waals surface area contributed by atoms with Gasteiger partial charge < -0.3 is 10.1 Å². The van der Waals surface area contributed by atoms with Gasteiger partial charge in [0, 0.05) is 10.9 Å². The molecule has 1 fully saturated rings. The molecule has 74 valence electrons. The lowest BCUT2D eigenvalue weighted by Crippen LogP contribution is -2.17. The van der Waals surface area contributed by atoms with Crippen molar-refractivity contribution >= 4 is 22.0 Å². The number of hydrogen-bond acceptors (Lipinski definition) is 2. The number of carbonyl (C=O) groups excluding carboxylic acids is 1. The van der Waals surface area contributed by atoms with Gasteiger partial charge >= 0.3 is 6.09 Å². The Morgan fingerprint density at radius 2 is 2.29 bits per heavy atom. The zero-order chi connectivity index (χ0) is 9.97. The standard InChI is InChI=1S/C10H10BrNO2/c11-9-4-2-1-3-7(9)5-8-6-12-10(13)14-8/h1-4,8H,5-6H2,(H,12,13). The highest BCUT2D eigenvalue weighted by Gasteiger charge is 2.22. The van der Waals surface area contributed by atoms with Gasteiger partial charge in [0.1, 0.15) is 6.10 Å². The smallest absolute Gasteiger partial charge is 0.407 e. The van der Waals surface area contributed by atoms with Gasteiger partial charge in [0.05, 0.1) is 6.54 Å². The van der Waals surface area contributed by atoms with E-state index >= 15 is 0 Å². The minimum Gasteiger partial charge on any atom is -0.444 e. The molecule has 1 atom stereocenters. The Morgan fingerprint density at radius 3 is 2.93 bits per heavy atom. The fraction of sp³-hybridized carbons (Fsp3) is 0.300. The van der Waals surface area contributed by atoms with Crippen LogP contribution in [0, 0.1) is 0 Å². The van der Waals surface area contributed by atoms with E-state index in [-0.39, 0.29) is 12.2 Å². The summed E-state index contributed by atoms with van der Waals surface area (Å²) in [5.41, 5.74) is 1.16. The van der Waals surface area contributed by atoms with Crippen LogP contribution in [0.1, 0.15) is 5.56 Å². The number of cyclic esters (lactones) is 1. The summed E-state index contributed by atoms with van der Waals surface area (Å²) in [6.45, 7) is 0.597. The highest BCUT2D eigenvalue weighted by molar-refractivity contribution is 9.10. The molecule has 1 unspecified atom stereocenters. The number of carbonyl (C=O) groups is 1. The average Bonchev–Trinajstić information content (AvgIpc) is 2.56. The zero-order valence-electron chi connectivity index (χ0n) is 7.50. The Kier molecular flexibility index (Phi) is 2.72. The van der Waals surface area contributed by atoms with Crippen molar-refractivity contribution in [1.29, 1.82) is 0 Å². The monoisotopic (exact) mass is 255 g/mol. The predicted octanol–water partition coefficient (Wildman–Crippen LogP) is 2.10. The van der Waals surface area contributed by atoms with Crippen LogP contribution in [-0.4, -0.2) is 18.7 Å². The number of amides is 1. The van der Waals surface area contributed by atoms with E-state index in [0.29, 0.717) is 6.54 Å². The summed E-state index contributed by atoms with van der Waals surface area (Å²) < 4.78 is 6.11. The Hall–Kier alpha value is -1.03. The maximum atomic E-state index is 10.8. The minimum atomic E-state index is -0.318. The van der Waals surface area contributed by atoms with Gasteiger partial charge in [-0.1, -0.05) is 34.1 Å². The SMILES string of the molecule is O=C1NCC(Cc2ccccc2Br)O1. The van der Waals surface area contributed by atoms with Crippen molar-refractivity contribution in [2.75, 3.05) is 6.54 Å². The first-order chi connectivity index (χ1) is 6.75. The number of halogens is 1. The van der Waals surface area contributed by atoms with Gasteiger partial charge in [-0.2, -0.15) is 0 Å². The maximum Gasteiger partial charge on any atom is 0.407 e. The second-order valence-electron chi connectivity index (χ2n) is 3.20. The van der Waals surface area contributed by atoms with Gasteiger partial charge in [-0.05, 0) is 11.6 Å². The molecule has 2 rings (SSSR count). The lowest BCUT2D eigenvalue weighted by Gasteiger charge is -2.08. The molecule has 1 saturated heterocycles. The van der Waals surface area contributed by atoms with Crippen molar-refractivity contribution in [3.8, 4) is 0 Å². The maximum absolute atomic E-state index is 10.8. The molecule has 3 nitrogen and oxygen atoms in total. The molecule has 0 radical (unpaired) electrons. The quantitative estimate of drug-likeness (QED) is 0.879. The molecular weight excluding hydrogens is 246 g/mol. The lowest BCUT2D eigenvalue weighted by atomic mass is 10.1. The van der Waals surface area contributed by atoms with Gasteiger partial charge in [-0.3, -0.25) is 0 Å². The molecule has 14 heavy (non-hydrogen) atoms. The third-order valence-corrected chi connectivity index (χ3v) is 2.93. The first-order valence-corrected chi connectivity index (χ1v) is 5.23. The Labute approximate surface area is 90.6 Å². The zero-order valence-corrected chi connectivity index (χ0v) is 9.08. The van der Waals surface area contributed by atoms with Crippen molar-refractivity contribution in [2.24, 2.45) is 0 Å². The molecule has 0 spiro atoms. The van der Waals surface area contributed by atoms with Crippen molar-refractivity contribution < 1.29 is 9.53 Å². The highest BCUT2D eigenvalue weighted by Crippen LogP contribution is 2.19. The van der Waals surface area contributed by atoms with Gasteiger partial charge in [0.25, 0.3) is 0 Å². The number of alkyl carbamates (subject to hydrolysis) is 1. The second kappa shape index (κ2) is 4.00. The van der Waals surface area contributed by atoms with E-state index in [0.717, 1.165) is 16.5 Å². The fourth-order valence-corrected chi connectivity index (χ4v) is 1.90. The molecule has 1 N–H and O–H groups in total. The summed E-state index contributed by atoms with van der Waals surface area (Å²) in [5, 5.41) is 2.63. The van der Waals surface area contributed by atoms with Crippen LogP contribution in [0.4, 0.5) is 4.79 Å². The van der Waals surface area contributed by atoms with E-state index in [1.807, 2.05) is 24.3 Å². The van der Waals surface area contributed by atoms with Gasteiger partial charge in [-0.15, -0.1) is 0 Å². The van der Waals surface area contributed by atoms with Crippen LogP contribution in [-0.2, 0) is 11.2 Å². The highest BCUT2D eigenvalue weighted by atomic mass is 79.9. The molecule has 0 aromatic heterocycles. The molecular formula is C10H10BrNO2. The molecule has 1 heterocycles. The van der Waals surface area contributed by atoms with Crippen molar-refractivity contribution in [2.45, 2.75) is 12.5 Å². The third-order valence-electron chi connectivity index (χ3n) is 2.15. The molecule has 1 amide bonds. The number of nitrogens with one attached hydrogen (secondary N) is 1. The molecule has 1 aliphatic heterocycles. The molecule has 1 aliphatic rings. The first kappa shape index (κ1) is 9.52. The van der Waals surface area contributed by atoms with Gasteiger partial charge in [0.2, 0.25) is 0 Å². The van der Waals surface area contributed by atoms with Crippen LogP contribution in [0.15, 0.2) is 28.7 Å². The number of benzene rings is 1. The molecule has 1 aromatic carbocycles. The number of hydrogen-bond donors (Lipinski definition) is 1. The molecule has 0 aliphatic carbocycles. The van der Waals surface area contributed by atoms with Crippen molar-refractivity contribution in [3.63, 3.8) is 0 Å². The molecule has 0 saturated carbocycles. The molecule has 1 aromatic rings. The third kappa shape index (κ3) is 2.07. The second-order valence-corrected chi connectivity index (χ2v) is 4.06. The first-order valence-electron chi connectivity index (χ1n) is 4.43. The lowest BCUT2D eigenvalue weighted by molar-refractivity contribution is 0.140. The number of rotatable bonds is 2. The summed E-state index contributed by atoms with van der Waals surface area (Å²) in [6.07, 6.45) is 0.392. The van der Waals surface area contributed by atoms with E-state index in [1.165, 1.54) is 0 Å². The van der Waals surface area contributed by atoms with Gasteiger partial charge in [0.15, 0.2) is 0 Å². The largest absolute Gasteiger partial charge is 0.444 e. The van der Waals surface area contributed by atoms with Crippen LogP contribution in [0.25, 0.3) is 0 Å². The number of ether oxygens (including phenoxy) is 1. The summed E-state index contributed by atoms with van der Waals surface area (Å²) in [5.74, 6) is 0. The van der Waals surface area contributed by atoms with E-state index in [1.54, 1.807) is 0 Å². The van der Waals surface area contributed by atoms with E-state index in [4.69, 9.17) is 4.74 Å². The summed E-state index contributed by atoms with van der Waals surface area (Å²) >= 11 is 3.46. The minimum absolute atomic E-state index is 0.0406. The van der Waals surface area contributed by atoms with Crippen LogP contribution < -0.4 is 5.32 Å². The Morgan fingerprint density at radius 1 is 1.50 bits per heavy atom. The molecule has 4 heteroatoms. The predicted molar refractivity (Wildman–Crippen MR) is 56.1 cm³/mol. The summed E-state index contributed by atoms with van der Waals surface area (Å²) in [7, 11) is 0. The summed E-state index contributed by atoms with van der Waals surface area (Å²) in [4.78, 5) is 10.8.